The van der Waals surface area contributed by atoms with Gasteiger partial charge in [-0.15, -0.1) is 11.6 Å². The molecule has 1 saturated carbocycles. The molecule has 0 heterocycles. The number of hydrogen-bond acceptors (Lipinski definition) is 1. The summed E-state index contributed by atoms with van der Waals surface area (Å²) < 4.78 is 0. The summed E-state index contributed by atoms with van der Waals surface area (Å²) in [7, 11) is 0. The molecule has 0 aliphatic heterocycles. The number of halogens is 1. The highest BCUT2D eigenvalue weighted by atomic mass is 35.5. The summed E-state index contributed by atoms with van der Waals surface area (Å²) in [4.78, 5) is 0. The van der Waals surface area contributed by atoms with E-state index in [-0.39, 0.29) is 0 Å². The van der Waals surface area contributed by atoms with E-state index in [1.54, 1.807) is 0 Å². The van der Waals surface area contributed by atoms with E-state index in [0.29, 0.717) is 0 Å². The number of nitrogens with two attached hydrogens (primary N) is 1. The van der Waals surface area contributed by atoms with Crippen LogP contribution in [0.4, 0.5) is 0 Å². The van der Waals surface area contributed by atoms with Gasteiger partial charge < -0.3 is 5.73 Å². The summed E-state index contributed by atoms with van der Waals surface area (Å²) >= 11 is 5.52. The van der Waals surface area contributed by atoms with Crippen LogP contribution in [0.1, 0.15) is 6.42 Å². The van der Waals surface area contributed by atoms with E-state index < -0.39 is 0 Å². The summed E-state index contributed by atoms with van der Waals surface area (Å²) in [5, 5.41) is 0. The first-order valence-electron chi connectivity index (χ1n) is 2.64. The third kappa shape index (κ3) is 1.07. The lowest BCUT2D eigenvalue weighted by Crippen LogP contribution is -2.02. The molecule has 2 atom stereocenters. The van der Waals surface area contributed by atoms with Gasteiger partial charge in [0.05, 0.1) is 0 Å². The summed E-state index contributed by atoms with van der Waals surface area (Å²) in [6.07, 6.45) is 1.26. The van der Waals surface area contributed by atoms with Gasteiger partial charge in [-0.05, 0) is 24.8 Å². The molecule has 0 aromatic rings. The minimum Gasteiger partial charge on any atom is -0.330 e. The Hall–Kier alpha value is 0.250. The molecule has 7 heavy (non-hydrogen) atoms. The van der Waals surface area contributed by atoms with Crippen LogP contribution in [-0.2, 0) is 0 Å². The van der Waals surface area contributed by atoms with Crippen LogP contribution >= 0.6 is 11.6 Å². The SMILES string of the molecule is NC[C@@H]1C[C@@H]1CCl. The van der Waals surface area contributed by atoms with Crippen LogP contribution in [0, 0.1) is 11.8 Å². The summed E-state index contributed by atoms with van der Waals surface area (Å²) in [5.41, 5.74) is 5.34. The first-order valence-corrected chi connectivity index (χ1v) is 3.18. The lowest BCUT2D eigenvalue weighted by molar-refractivity contribution is 0.765. The van der Waals surface area contributed by atoms with Crippen molar-refractivity contribution in [2.24, 2.45) is 17.6 Å². The van der Waals surface area contributed by atoms with Crippen molar-refractivity contribution in [1.82, 2.24) is 0 Å². The molecule has 2 N–H and O–H groups in total. The van der Waals surface area contributed by atoms with E-state index in [2.05, 4.69) is 0 Å². The highest BCUT2D eigenvalue weighted by Gasteiger charge is 2.34. The Morgan fingerprint density at radius 3 is 2.43 bits per heavy atom. The molecule has 0 spiro atoms. The van der Waals surface area contributed by atoms with Gasteiger partial charge in [-0.2, -0.15) is 0 Å². The summed E-state index contributed by atoms with van der Waals surface area (Å²) in [6, 6.07) is 0. The van der Waals surface area contributed by atoms with Crippen molar-refractivity contribution in [3.05, 3.63) is 0 Å². The molecule has 1 nitrogen and oxygen atoms in total. The van der Waals surface area contributed by atoms with Crippen LogP contribution in [-0.4, -0.2) is 12.4 Å². The van der Waals surface area contributed by atoms with Gasteiger partial charge in [0.2, 0.25) is 0 Å². The minimum absolute atomic E-state index is 0.756. The molecular formula is C5H10ClN. The quantitative estimate of drug-likeness (QED) is 0.536. The molecule has 1 aliphatic carbocycles. The fourth-order valence-corrected chi connectivity index (χ4v) is 1.17. The molecule has 0 aromatic heterocycles. The molecule has 42 valence electrons. The van der Waals surface area contributed by atoms with E-state index in [9.17, 15) is 0 Å². The normalized spacial score (nSPS) is 38.6. The molecule has 0 saturated heterocycles. The van der Waals surface area contributed by atoms with E-state index in [4.69, 9.17) is 17.3 Å². The predicted molar refractivity (Wildman–Crippen MR) is 31.4 cm³/mol. The highest BCUT2D eigenvalue weighted by Crippen LogP contribution is 2.37. The van der Waals surface area contributed by atoms with Crippen molar-refractivity contribution in [3.8, 4) is 0 Å². The largest absolute Gasteiger partial charge is 0.330 e. The lowest BCUT2D eigenvalue weighted by Gasteiger charge is -1.84. The number of hydrogen-bond donors (Lipinski definition) is 1. The Kier molecular flexibility index (Phi) is 1.55. The smallest absolute Gasteiger partial charge is 0.0255 e. The van der Waals surface area contributed by atoms with E-state index in [1.807, 2.05) is 0 Å². The molecule has 1 rings (SSSR count). The standard InChI is InChI=1S/C5H10ClN/c6-2-4-1-5(4)3-7/h4-5H,1-3,7H2/t4-,5+/m1/s1. The third-order valence-corrected chi connectivity index (χ3v) is 1.97. The third-order valence-electron chi connectivity index (χ3n) is 1.57. The first-order chi connectivity index (χ1) is 3.38. The number of rotatable bonds is 2. The maximum absolute atomic E-state index is 5.52. The van der Waals surface area contributed by atoms with Crippen molar-refractivity contribution in [3.63, 3.8) is 0 Å². The van der Waals surface area contributed by atoms with Gasteiger partial charge in [-0.25, -0.2) is 0 Å². The average molecular weight is 120 g/mol. The molecule has 1 aliphatic rings. The maximum Gasteiger partial charge on any atom is 0.0255 e. The fourth-order valence-electron chi connectivity index (χ4n) is 0.788. The van der Waals surface area contributed by atoms with Crippen molar-refractivity contribution in [2.75, 3.05) is 12.4 Å². The second-order valence-corrected chi connectivity index (χ2v) is 2.45. The van der Waals surface area contributed by atoms with Gasteiger partial charge in [0.25, 0.3) is 0 Å². The Labute approximate surface area is 48.8 Å². The van der Waals surface area contributed by atoms with Gasteiger partial charge >= 0.3 is 0 Å². The Bertz CT molecular complexity index is 57.1. The van der Waals surface area contributed by atoms with Crippen LogP contribution in [0.3, 0.4) is 0 Å². The molecule has 1 fully saturated rings. The molecule has 2 heteroatoms. The van der Waals surface area contributed by atoms with Gasteiger partial charge in [-0.1, -0.05) is 0 Å². The maximum atomic E-state index is 5.52. The van der Waals surface area contributed by atoms with Crippen LogP contribution in [0.5, 0.6) is 0 Å². The van der Waals surface area contributed by atoms with Crippen molar-refractivity contribution in [2.45, 2.75) is 6.42 Å². The van der Waals surface area contributed by atoms with E-state index >= 15 is 0 Å². The predicted octanol–water partition coefficient (Wildman–Crippen LogP) is 0.820. The van der Waals surface area contributed by atoms with Gasteiger partial charge in [0, 0.05) is 5.88 Å². The molecular weight excluding hydrogens is 110 g/mol. The molecule has 0 aromatic carbocycles. The zero-order chi connectivity index (χ0) is 5.28. The van der Waals surface area contributed by atoms with Crippen LogP contribution < -0.4 is 5.73 Å². The topological polar surface area (TPSA) is 26.0 Å². The Morgan fingerprint density at radius 1 is 1.57 bits per heavy atom. The Morgan fingerprint density at radius 2 is 2.29 bits per heavy atom. The molecule has 0 radical (unpaired) electrons. The van der Waals surface area contributed by atoms with Crippen molar-refractivity contribution < 1.29 is 0 Å². The van der Waals surface area contributed by atoms with Crippen LogP contribution in [0.25, 0.3) is 0 Å². The van der Waals surface area contributed by atoms with E-state index in [0.717, 1.165) is 24.3 Å². The zero-order valence-electron chi connectivity index (χ0n) is 4.23. The highest BCUT2D eigenvalue weighted by molar-refractivity contribution is 6.18. The fraction of sp³-hybridized carbons (Fsp3) is 1.00. The second kappa shape index (κ2) is 2.01. The number of alkyl halides is 1. The molecule has 0 unspecified atom stereocenters. The van der Waals surface area contributed by atoms with Gasteiger partial charge in [0.1, 0.15) is 0 Å². The van der Waals surface area contributed by atoms with Gasteiger partial charge in [-0.3, -0.25) is 0 Å². The lowest BCUT2D eigenvalue weighted by atomic mass is 10.3. The van der Waals surface area contributed by atoms with E-state index in [1.165, 1.54) is 6.42 Å². The van der Waals surface area contributed by atoms with Crippen LogP contribution in [0.15, 0.2) is 0 Å². The van der Waals surface area contributed by atoms with Crippen molar-refractivity contribution in [1.29, 1.82) is 0 Å². The van der Waals surface area contributed by atoms with Crippen molar-refractivity contribution >= 4 is 11.6 Å². The molecule has 0 bridgehead atoms. The minimum atomic E-state index is 0.756. The van der Waals surface area contributed by atoms with Gasteiger partial charge in [0.15, 0.2) is 0 Å². The Balaban J connectivity index is 2.06. The summed E-state index contributed by atoms with van der Waals surface area (Å²) in [6.45, 7) is 0.831. The summed E-state index contributed by atoms with van der Waals surface area (Å²) in [5.74, 6) is 2.33. The first kappa shape index (κ1) is 5.39. The van der Waals surface area contributed by atoms with Crippen LogP contribution in [0.2, 0.25) is 0 Å². The average Bonchev–Trinajstić information content (AvgIpc) is 2.43. The zero-order valence-corrected chi connectivity index (χ0v) is 4.99. The second-order valence-electron chi connectivity index (χ2n) is 2.15. The monoisotopic (exact) mass is 119 g/mol. The molecule has 0 amide bonds.